The smallest absolute Gasteiger partial charge is 0 e. The standard InChI is InChI=1S/C3H8.C2H6.CH4.2Ar.Pt/c1-3-2;1-2;;;;/h3H2,1-2H3;1-2H3;1H4;;;. The van der Waals surface area contributed by atoms with Crippen molar-refractivity contribution in [1.29, 1.82) is 0 Å². The molecule has 0 spiro atoms. The summed E-state index contributed by atoms with van der Waals surface area (Å²) in [6.07, 6.45) is 1.25. The molecule has 0 fully saturated rings. The first-order valence-electron chi connectivity index (χ1n) is 2.41. The van der Waals surface area contributed by atoms with Gasteiger partial charge < -0.3 is 0 Å². The van der Waals surface area contributed by atoms with E-state index in [9.17, 15) is 0 Å². The monoisotopic (exact) mass is 365 g/mol. The van der Waals surface area contributed by atoms with E-state index >= 15 is 0 Å². The van der Waals surface area contributed by atoms with Crippen LogP contribution in [0.15, 0.2) is 0 Å². The number of rotatable bonds is 0. The first kappa shape index (κ1) is 39.8. The molecule has 0 bridgehead atoms. The molecule has 0 aromatic carbocycles. The van der Waals surface area contributed by atoms with E-state index in [-0.39, 0.29) is 104 Å². The van der Waals surface area contributed by atoms with E-state index < -0.39 is 0 Å². The minimum Gasteiger partial charge on any atom is -0.0776 e. The molecule has 0 aliphatic heterocycles. The minimum atomic E-state index is 0. The summed E-state index contributed by atoms with van der Waals surface area (Å²) in [5, 5.41) is 0. The van der Waals surface area contributed by atoms with Gasteiger partial charge in [-0.2, -0.15) is 0 Å². The average Bonchev–Trinajstić information content (AvgIpc) is 1.46. The van der Waals surface area contributed by atoms with Gasteiger partial charge in [0.2, 0.25) is 0 Å². The third kappa shape index (κ3) is 92.3. The maximum Gasteiger partial charge on any atom is 0 e. The van der Waals surface area contributed by atoms with Crippen molar-refractivity contribution in [2.24, 2.45) is 0 Å². The third-order valence-corrected chi connectivity index (χ3v) is 0. The molecule has 0 N–H and O–H groups in total. The van der Waals surface area contributed by atoms with Crippen molar-refractivity contribution < 1.29 is 96.5 Å². The Labute approximate surface area is 135 Å². The first-order valence-corrected chi connectivity index (χ1v) is 2.41. The van der Waals surface area contributed by atoms with E-state index in [1.165, 1.54) is 6.42 Å². The topological polar surface area (TPSA) is 0 Å². The van der Waals surface area contributed by atoms with E-state index in [4.69, 9.17) is 0 Å². The fourth-order valence-electron chi connectivity index (χ4n) is 0. The summed E-state index contributed by atoms with van der Waals surface area (Å²) in [7, 11) is 0. The second-order valence-electron chi connectivity index (χ2n) is 0.707. The third-order valence-electron chi connectivity index (χ3n) is 0. The molecule has 0 aromatic rings. The Balaban J connectivity index is -0.00000000357. The Morgan fingerprint density at radius 2 is 0.889 bits per heavy atom. The van der Waals surface area contributed by atoms with E-state index in [2.05, 4.69) is 13.8 Å². The summed E-state index contributed by atoms with van der Waals surface area (Å²) in [6.45, 7) is 8.25. The van der Waals surface area contributed by atoms with Crippen LogP contribution in [0.5, 0.6) is 0 Å². The summed E-state index contributed by atoms with van der Waals surface area (Å²) < 4.78 is 0. The zero-order chi connectivity index (χ0) is 4.71. The van der Waals surface area contributed by atoms with Gasteiger partial charge in [-0.05, 0) is 0 Å². The fourth-order valence-corrected chi connectivity index (χ4v) is 0. The van der Waals surface area contributed by atoms with Crippen LogP contribution in [0.3, 0.4) is 0 Å². The molecule has 9 heavy (non-hydrogen) atoms. The minimum absolute atomic E-state index is 0. The van der Waals surface area contributed by atoms with Crippen LogP contribution in [0.4, 0.5) is 0 Å². The predicted octanol–water partition coefficient (Wildman–Crippen LogP) is 3.08. The molecule has 0 aliphatic rings. The van der Waals surface area contributed by atoms with Crippen LogP contribution in [0.25, 0.3) is 0 Å². The summed E-state index contributed by atoms with van der Waals surface area (Å²) in [5.41, 5.74) is 0. The Morgan fingerprint density at radius 3 is 0.889 bits per heavy atom. The van der Waals surface area contributed by atoms with Gasteiger partial charge in [-0.3, -0.25) is 0 Å². The molecule has 0 saturated carbocycles. The maximum atomic E-state index is 2.12. The molecular weight excluding hydrogens is 347 g/mol. The van der Waals surface area contributed by atoms with Crippen molar-refractivity contribution in [3.8, 4) is 0 Å². The zero-order valence-electron chi connectivity index (χ0n) is 5.73. The molecule has 0 aromatic heterocycles. The molecule has 0 aliphatic carbocycles. The van der Waals surface area contributed by atoms with Crippen LogP contribution in [0.2, 0.25) is 0 Å². The van der Waals surface area contributed by atoms with Crippen molar-refractivity contribution in [3.05, 3.63) is 0 Å². The van der Waals surface area contributed by atoms with E-state index in [0.717, 1.165) is 0 Å². The van der Waals surface area contributed by atoms with E-state index in [1.807, 2.05) is 13.8 Å². The van der Waals surface area contributed by atoms with Gasteiger partial charge in [-0.1, -0.05) is 41.5 Å². The van der Waals surface area contributed by atoms with Crippen molar-refractivity contribution in [3.63, 3.8) is 0 Å². The SMILES string of the molecule is C.CC.CCC.[Ar].[Ar].[Pt]. The molecule has 68 valence electrons. The Bertz CT molecular complexity index is 11.0. The molecular formula is C6H18Ar2Pt. The van der Waals surface area contributed by atoms with Crippen molar-refractivity contribution in [2.75, 3.05) is 0 Å². The molecule has 0 atom stereocenters. The van der Waals surface area contributed by atoms with Gasteiger partial charge in [0, 0.05) is 96.5 Å². The van der Waals surface area contributed by atoms with Gasteiger partial charge in [0.25, 0.3) is 0 Å². The van der Waals surface area contributed by atoms with Gasteiger partial charge >= 0.3 is 0 Å². The van der Waals surface area contributed by atoms with Gasteiger partial charge in [-0.15, -0.1) is 0 Å². The number of hydrogen-bond donors (Lipinski definition) is 0. The van der Waals surface area contributed by atoms with Gasteiger partial charge in [0.15, 0.2) is 0 Å². The predicted molar refractivity (Wildman–Crippen MR) is 34.0 cm³/mol. The Hall–Kier alpha value is 3.21. The summed E-state index contributed by atoms with van der Waals surface area (Å²) in [5.74, 6) is 0. The Morgan fingerprint density at radius 1 is 0.889 bits per heavy atom. The first-order chi connectivity index (χ1) is 2.41. The van der Waals surface area contributed by atoms with Crippen LogP contribution in [-0.2, 0) is 21.1 Å². The molecule has 0 rings (SSSR count). The molecule has 3 heteroatoms. The van der Waals surface area contributed by atoms with E-state index in [0.29, 0.717) is 0 Å². The van der Waals surface area contributed by atoms with E-state index in [1.54, 1.807) is 0 Å². The largest absolute Gasteiger partial charge is 0.0776 e. The summed E-state index contributed by atoms with van der Waals surface area (Å²) >= 11 is 0. The van der Waals surface area contributed by atoms with Crippen LogP contribution in [0, 0.1) is 75.5 Å². The second kappa shape index (κ2) is 66.0. The molecule has 0 radical (unpaired) electrons. The van der Waals surface area contributed by atoms with Crippen LogP contribution in [0.1, 0.15) is 41.5 Å². The number of hydrogen-bond acceptors (Lipinski definition) is 0. The van der Waals surface area contributed by atoms with Crippen LogP contribution >= 0.6 is 0 Å². The summed E-state index contributed by atoms with van der Waals surface area (Å²) in [6, 6.07) is 0. The zero-order valence-corrected chi connectivity index (χ0v) is 9.42. The van der Waals surface area contributed by atoms with Gasteiger partial charge in [0.1, 0.15) is 0 Å². The van der Waals surface area contributed by atoms with Crippen LogP contribution in [-0.4, -0.2) is 0 Å². The fraction of sp³-hybridized carbons (Fsp3) is 1.00. The van der Waals surface area contributed by atoms with Crippen molar-refractivity contribution in [1.82, 2.24) is 0 Å². The molecule has 0 unspecified atom stereocenters. The molecule has 0 saturated heterocycles. The van der Waals surface area contributed by atoms with Gasteiger partial charge in [0.05, 0.1) is 0 Å². The second-order valence-corrected chi connectivity index (χ2v) is 0.707. The van der Waals surface area contributed by atoms with Crippen molar-refractivity contribution >= 4 is 0 Å². The maximum absolute atomic E-state index is 2.12. The normalized spacial score (nSPS) is 2.67. The van der Waals surface area contributed by atoms with Crippen molar-refractivity contribution in [2.45, 2.75) is 41.5 Å². The molecule has 0 heterocycles. The molecule has 0 nitrogen and oxygen atoms in total. The van der Waals surface area contributed by atoms with Gasteiger partial charge in [-0.25, -0.2) is 0 Å². The van der Waals surface area contributed by atoms with Crippen LogP contribution < -0.4 is 0 Å². The Kier molecular flexibility index (Phi) is 292. The summed E-state index contributed by atoms with van der Waals surface area (Å²) in [4.78, 5) is 0. The average molecular weight is 365 g/mol. The quantitative estimate of drug-likeness (QED) is 0.619. The molecule has 0 amide bonds.